The van der Waals surface area contributed by atoms with Crippen LogP contribution in [0.1, 0.15) is 49.9 Å². The van der Waals surface area contributed by atoms with Gasteiger partial charge in [0.05, 0.1) is 5.75 Å². The van der Waals surface area contributed by atoms with Crippen LogP contribution < -0.4 is 5.32 Å². The average Bonchev–Trinajstić information content (AvgIpc) is 2.90. The van der Waals surface area contributed by atoms with Crippen molar-refractivity contribution in [3.63, 3.8) is 0 Å². The Labute approximate surface area is 151 Å². The summed E-state index contributed by atoms with van der Waals surface area (Å²) in [6, 6.07) is 0.194. The second-order valence-electron chi connectivity index (χ2n) is 6.86. The van der Waals surface area contributed by atoms with E-state index in [1.807, 2.05) is 18.3 Å². The lowest BCUT2D eigenvalue weighted by Gasteiger charge is -2.17. The van der Waals surface area contributed by atoms with Gasteiger partial charge in [-0.1, -0.05) is 25.6 Å². The lowest BCUT2D eigenvalue weighted by Crippen LogP contribution is -2.37. The summed E-state index contributed by atoms with van der Waals surface area (Å²) in [5.74, 6) is 1.72. The van der Waals surface area contributed by atoms with E-state index in [0.717, 1.165) is 28.5 Å². The molecule has 2 heterocycles. The van der Waals surface area contributed by atoms with Gasteiger partial charge in [0, 0.05) is 16.3 Å². The number of nitrogens with zero attached hydrogens (tertiary/aromatic N) is 2. The fraction of sp³-hybridized carbons (Fsp3) is 0.611. The number of rotatable bonds is 5. The van der Waals surface area contributed by atoms with E-state index in [1.165, 1.54) is 28.7 Å². The molecule has 0 bridgehead atoms. The molecule has 0 saturated heterocycles. The monoisotopic (exact) mass is 363 g/mol. The van der Waals surface area contributed by atoms with Gasteiger partial charge in [-0.25, -0.2) is 9.97 Å². The Morgan fingerprint density at radius 3 is 2.75 bits per heavy atom. The van der Waals surface area contributed by atoms with Crippen molar-refractivity contribution in [3.8, 4) is 0 Å². The van der Waals surface area contributed by atoms with Crippen LogP contribution in [0.2, 0.25) is 0 Å². The second kappa shape index (κ2) is 7.40. The van der Waals surface area contributed by atoms with Crippen molar-refractivity contribution < 1.29 is 4.79 Å². The number of aromatic nitrogens is 2. The van der Waals surface area contributed by atoms with Gasteiger partial charge in [0.1, 0.15) is 15.7 Å². The predicted octanol–water partition coefficient (Wildman–Crippen LogP) is 4.13. The quantitative estimate of drug-likeness (QED) is 0.641. The molecule has 3 rings (SSSR count). The number of nitrogens with one attached hydrogen (secondary N) is 1. The Morgan fingerprint density at radius 1 is 1.25 bits per heavy atom. The normalized spacial score (nSPS) is 15.5. The zero-order valence-electron chi connectivity index (χ0n) is 14.8. The number of amides is 1. The fourth-order valence-corrected chi connectivity index (χ4v) is 5.21. The number of carbonyl (C=O) groups excluding carboxylic acids is 1. The van der Waals surface area contributed by atoms with Crippen LogP contribution in [0.5, 0.6) is 0 Å². The highest BCUT2D eigenvalue weighted by Crippen LogP contribution is 2.39. The number of aryl methyl sites for hydroxylation is 3. The van der Waals surface area contributed by atoms with Gasteiger partial charge < -0.3 is 5.32 Å². The standard InChI is InChI=1S/C18H25N3OS2/c1-10(2)11(3)19-15(22)9-23-17-16-13-7-5-6-8-14(13)24-18(16)21-12(4)20-17/h10-11H,5-9H2,1-4H3,(H,19,22)/t11-/m1/s1. The van der Waals surface area contributed by atoms with Crippen LogP contribution in [0.4, 0.5) is 0 Å². The van der Waals surface area contributed by atoms with Crippen LogP contribution in [-0.4, -0.2) is 27.7 Å². The molecule has 0 fully saturated rings. The number of thiophene rings is 1. The zero-order chi connectivity index (χ0) is 17.3. The molecule has 0 aliphatic heterocycles. The van der Waals surface area contributed by atoms with E-state index in [1.54, 1.807) is 11.8 Å². The largest absolute Gasteiger partial charge is 0.353 e. The maximum absolute atomic E-state index is 12.2. The molecule has 0 radical (unpaired) electrons. The van der Waals surface area contributed by atoms with Crippen molar-refractivity contribution in [3.05, 3.63) is 16.3 Å². The topological polar surface area (TPSA) is 54.9 Å². The molecule has 1 aliphatic carbocycles. The van der Waals surface area contributed by atoms with Gasteiger partial charge >= 0.3 is 0 Å². The molecule has 4 nitrogen and oxygen atoms in total. The first-order valence-electron chi connectivity index (χ1n) is 8.66. The predicted molar refractivity (Wildman–Crippen MR) is 102 cm³/mol. The van der Waals surface area contributed by atoms with E-state index >= 15 is 0 Å². The van der Waals surface area contributed by atoms with Gasteiger partial charge in [-0.15, -0.1) is 11.3 Å². The SMILES string of the molecule is Cc1nc(SCC(=O)N[C@H](C)C(C)C)c2c3c(sc2n1)CCCC3. The lowest BCUT2D eigenvalue weighted by molar-refractivity contribution is -0.119. The van der Waals surface area contributed by atoms with E-state index in [0.29, 0.717) is 11.7 Å². The van der Waals surface area contributed by atoms with Gasteiger partial charge in [-0.05, 0) is 51.0 Å². The van der Waals surface area contributed by atoms with E-state index in [4.69, 9.17) is 0 Å². The molecule has 2 aromatic rings. The third kappa shape index (κ3) is 3.75. The van der Waals surface area contributed by atoms with Crippen LogP contribution in [-0.2, 0) is 17.6 Å². The molecule has 1 atom stereocenters. The van der Waals surface area contributed by atoms with Gasteiger partial charge in [-0.2, -0.15) is 0 Å². The van der Waals surface area contributed by atoms with Crippen molar-refractivity contribution in [2.75, 3.05) is 5.75 Å². The summed E-state index contributed by atoms with van der Waals surface area (Å²) in [6.07, 6.45) is 4.78. The van der Waals surface area contributed by atoms with Crippen molar-refractivity contribution in [1.82, 2.24) is 15.3 Å². The van der Waals surface area contributed by atoms with Crippen molar-refractivity contribution >= 4 is 39.2 Å². The second-order valence-corrected chi connectivity index (χ2v) is 8.90. The van der Waals surface area contributed by atoms with Crippen LogP contribution >= 0.6 is 23.1 Å². The number of fused-ring (bicyclic) bond motifs is 3. The molecule has 2 aromatic heterocycles. The van der Waals surface area contributed by atoms with Crippen molar-refractivity contribution in [2.45, 2.75) is 64.4 Å². The molecular formula is C18H25N3OS2. The highest BCUT2D eigenvalue weighted by molar-refractivity contribution is 8.00. The van der Waals surface area contributed by atoms with Gasteiger partial charge in [0.25, 0.3) is 0 Å². The first-order chi connectivity index (χ1) is 11.5. The summed E-state index contributed by atoms with van der Waals surface area (Å²) in [5, 5.41) is 5.25. The van der Waals surface area contributed by atoms with Crippen molar-refractivity contribution in [1.29, 1.82) is 0 Å². The van der Waals surface area contributed by atoms with Gasteiger partial charge in [0.15, 0.2) is 0 Å². The molecular weight excluding hydrogens is 338 g/mol. The maximum atomic E-state index is 12.2. The number of hydrogen-bond donors (Lipinski definition) is 1. The van der Waals surface area contributed by atoms with E-state index in [2.05, 4.69) is 36.1 Å². The minimum Gasteiger partial charge on any atom is -0.353 e. The summed E-state index contributed by atoms with van der Waals surface area (Å²) in [7, 11) is 0. The minimum absolute atomic E-state index is 0.0784. The van der Waals surface area contributed by atoms with Crippen molar-refractivity contribution in [2.24, 2.45) is 5.92 Å². The molecule has 1 amide bonds. The Morgan fingerprint density at radius 2 is 2.00 bits per heavy atom. The highest BCUT2D eigenvalue weighted by Gasteiger charge is 2.21. The summed E-state index contributed by atoms with van der Waals surface area (Å²) < 4.78 is 0. The molecule has 1 N–H and O–H groups in total. The fourth-order valence-electron chi connectivity index (χ4n) is 2.93. The Kier molecular flexibility index (Phi) is 5.45. The first kappa shape index (κ1) is 17.7. The molecule has 0 saturated carbocycles. The number of hydrogen-bond acceptors (Lipinski definition) is 5. The highest BCUT2D eigenvalue weighted by atomic mass is 32.2. The summed E-state index contributed by atoms with van der Waals surface area (Å²) in [6.45, 7) is 8.22. The van der Waals surface area contributed by atoms with E-state index < -0.39 is 0 Å². The van der Waals surface area contributed by atoms with Gasteiger partial charge in [0.2, 0.25) is 5.91 Å². The maximum Gasteiger partial charge on any atom is 0.230 e. The van der Waals surface area contributed by atoms with E-state index in [9.17, 15) is 4.79 Å². The Balaban J connectivity index is 1.81. The molecule has 6 heteroatoms. The molecule has 24 heavy (non-hydrogen) atoms. The zero-order valence-corrected chi connectivity index (χ0v) is 16.4. The first-order valence-corrected chi connectivity index (χ1v) is 10.5. The summed E-state index contributed by atoms with van der Waals surface area (Å²) >= 11 is 3.36. The molecule has 130 valence electrons. The Bertz CT molecular complexity index is 754. The Hall–Kier alpha value is -1.14. The van der Waals surface area contributed by atoms with Gasteiger partial charge in [-0.3, -0.25) is 4.79 Å². The lowest BCUT2D eigenvalue weighted by atomic mass is 9.97. The van der Waals surface area contributed by atoms with Crippen LogP contribution in [0, 0.1) is 12.8 Å². The number of thioether (sulfide) groups is 1. The van der Waals surface area contributed by atoms with Crippen LogP contribution in [0.25, 0.3) is 10.2 Å². The summed E-state index contributed by atoms with van der Waals surface area (Å²) in [4.78, 5) is 24.0. The number of carbonyl (C=O) groups is 1. The molecule has 0 spiro atoms. The summed E-state index contributed by atoms with van der Waals surface area (Å²) in [5.41, 5.74) is 1.43. The molecule has 0 aromatic carbocycles. The smallest absolute Gasteiger partial charge is 0.230 e. The molecule has 0 unspecified atom stereocenters. The van der Waals surface area contributed by atoms with Crippen LogP contribution in [0.15, 0.2) is 5.03 Å². The average molecular weight is 364 g/mol. The third-order valence-electron chi connectivity index (χ3n) is 4.62. The van der Waals surface area contributed by atoms with Crippen LogP contribution in [0.3, 0.4) is 0 Å². The third-order valence-corrected chi connectivity index (χ3v) is 6.78. The van der Waals surface area contributed by atoms with E-state index in [-0.39, 0.29) is 11.9 Å². The minimum atomic E-state index is 0.0784. The molecule has 1 aliphatic rings.